The molecule has 2 aromatic rings. The number of aryl methyl sites for hydroxylation is 2. The van der Waals surface area contributed by atoms with E-state index in [4.69, 9.17) is 14.7 Å². The van der Waals surface area contributed by atoms with Crippen LogP contribution in [0.4, 0.5) is 5.69 Å². The highest BCUT2D eigenvalue weighted by Crippen LogP contribution is 2.29. The van der Waals surface area contributed by atoms with Crippen molar-refractivity contribution in [2.24, 2.45) is 0 Å². The van der Waals surface area contributed by atoms with Crippen molar-refractivity contribution in [2.45, 2.75) is 19.9 Å². The third-order valence-corrected chi connectivity index (χ3v) is 3.86. The monoisotopic (exact) mass is 324 g/mol. The van der Waals surface area contributed by atoms with Gasteiger partial charge in [0, 0.05) is 5.69 Å². The molecule has 0 amide bonds. The summed E-state index contributed by atoms with van der Waals surface area (Å²) in [5, 5.41) is 12.1. The van der Waals surface area contributed by atoms with Crippen LogP contribution in [0, 0.1) is 25.2 Å². The van der Waals surface area contributed by atoms with E-state index >= 15 is 0 Å². The summed E-state index contributed by atoms with van der Waals surface area (Å²) in [6.07, 6.45) is 0. The molecule has 0 bridgehead atoms. The first kappa shape index (κ1) is 17.4. The highest BCUT2D eigenvalue weighted by Gasteiger charge is 2.24. The number of rotatable bonds is 5. The Bertz CT molecular complexity index is 776. The van der Waals surface area contributed by atoms with E-state index < -0.39 is 6.04 Å². The summed E-state index contributed by atoms with van der Waals surface area (Å²) in [6.45, 7) is 3.85. The smallest absolute Gasteiger partial charge is 0.332 e. The molecule has 0 aliphatic heterocycles. The minimum Gasteiger partial charge on any atom is -0.496 e. The van der Waals surface area contributed by atoms with E-state index in [-0.39, 0.29) is 5.97 Å². The lowest BCUT2D eigenvalue weighted by molar-refractivity contribution is -0.141. The Labute approximate surface area is 141 Å². The van der Waals surface area contributed by atoms with Crippen molar-refractivity contribution in [2.75, 3.05) is 19.5 Å². The second-order valence-electron chi connectivity index (χ2n) is 5.47. The summed E-state index contributed by atoms with van der Waals surface area (Å²) in [7, 11) is 2.98. The number of methoxy groups -OCH3 is 2. The quantitative estimate of drug-likeness (QED) is 0.852. The zero-order valence-electron chi connectivity index (χ0n) is 14.2. The van der Waals surface area contributed by atoms with E-state index in [1.165, 1.54) is 7.11 Å². The van der Waals surface area contributed by atoms with Gasteiger partial charge in [-0.3, -0.25) is 0 Å². The third-order valence-electron chi connectivity index (χ3n) is 3.86. The van der Waals surface area contributed by atoms with Crippen molar-refractivity contribution in [1.82, 2.24) is 0 Å². The van der Waals surface area contributed by atoms with Crippen LogP contribution >= 0.6 is 0 Å². The summed E-state index contributed by atoms with van der Waals surface area (Å²) in [4.78, 5) is 12.3. The molecule has 0 radical (unpaired) electrons. The molecule has 0 aliphatic carbocycles. The number of benzene rings is 2. The average molecular weight is 324 g/mol. The molecule has 0 saturated heterocycles. The maximum Gasteiger partial charge on any atom is 0.332 e. The molecule has 0 heterocycles. The Morgan fingerprint density at radius 3 is 2.33 bits per heavy atom. The molecule has 24 heavy (non-hydrogen) atoms. The molecule has 2 rings (SSSR count). The molecule has 1 unspecified atom stereocenters. The van der Waals surface area contributed by atoms with Crippen LogP contribution in [0.3, 0.4) is 0 Å². The van der Waals surface area contributed by atoms with Gasteiger partial charge < -0.3 is 14.8 Å². The van der Waals surface area contributed by atoms with Crippen molar-refractivity contribution in [3.8, 4) is 11.8 Å². The molecule has 0 aromatic heterocycles. The SMILES string of the molecule is COC(=O)C(Nc1ccc(C#N)cc1)c1cc(C)c(OC)cc1C. The first-order valence-corrected chi connectivity index (χ1v) is 7.49. The fraction of sp³-hybridized carbons (Fsp3) is 0.263. The molecule has 0 saturated carbocycles. The maximum atomic E-state index is 12.3. The molecule has 1 atom stereocenters. The van der Waals surface area contributed by atoms with Crippen LogP contribution < -0.4 is 10.1 Å². The molecule has 5 nitrogen and oxygen atoms in total. The molecule has 2 aromatic carbocycles. The lowest BCUT2D eigenvalue weighted by Gasteiger charge is -2.21. The van der Waals surface area contributed by atoms with E-state index in [1.807, 2.05) is 26.0 Å². The van der Waals surface area contributed by atoms with Crippen LogP contribution in [-0.2, 0) is 9.53 Å². The summed E-state index contributed by atoms with van der Waals surface area (Å²) in [5.41, 5.74) is 3.98. The van der Waals surface area contributed by atoms with E-state index in [0.717, 1.165) is 28.1 Å². The van der Waals surface area contributed by atoms with E-state index in [9.17, 15) is 4.79 Å². The van der Waals surface area contributed by atoms with Gasteiger partial charge in [0.2, 0.25) is 0 Å². The minimum atomic E-state index is -0.646. The predicted molar refractivity (Wildman–Crippen MR) is 92.0 cm³/mol. The van der Waals surface area contributed by atoms with Gasteiger partial charge in [0.15, 0.2) is 6.04 Å². The van der Waals surface area contributed by atoms with Crippen molar-refractivity contribution in [1.29, 1.82) is 5.26 Å². The van der Waals surface area contributed by atoms with Gasteiger partial charge in [0.25, 0.3) is 0 Å². The Kier molecular flexibility index (Phi) is 5.43. The number of hydrogen-bond donors (Lipinski definition) is 1. The average Bonchev–Trinajstić information content (AvgIpc) is 2.61. The number of hydrogen-bond acceptors (Lipinski definition) is 5. The summed E-state index contributed by atoms with van der Waals surface area (Å²) < 4.78 is 10.3. The Morgan fingerprint density at radius 2 is 1.79 bits per heavy atom. The standard InChI is InChI=1S/C19H20N2O3/c1-12-10-17(23-3)13(2)9-16(12)18(19(22)24-4)21-15-7-5-14(11-20)6-8-15/h5-10,18,21H,1-4H3. The number of carbonyl (C=O) groups excluding carboxylic acids is 1. The summed E-state index contributed by atoms with van der Waals surface area (Å²) >= 11 is 0. The zero-order chi connectivity index (χ0) is 17.7. The second-order valence-corrected chi connectivity index (χ2v) is 5.47. The lowest BCUT2D eigenvalue weighted by Crippen LogP contribution is -2.23. The number of anilines is 1. The molecule has 0 aliphatic rings. The number of nitriles is 1. The van der Waals surface area contributed by atoms with E-state index in [1.54, 1.807) is 31.4 Å². The van der Waals surface area contributed by atoms with Gasteiger partial charge in [-0.2, -0.15) is 5.26 Å². The van der Waals surface area contributed by atoms with Gasteiger partial charge in [-0.05, 0) is 66.9 Å². The van der Waals surface area contributed by atoms with Gasteiger partial charge in [-0.15, -0.1) is 0 Å². The summed E-state index contributed by atoms with van der Waals surface area (Å²) in [6, 6.07) is 12.2. The van der Waals surface area contributed by atoms with Gasteiger partial charge in [-0.25, -0.2) is 4.79 Å². The maximum absolute atomic E-state index is 12.3. The van der Waals surface area contributed by atoms with Crippen LogP contribution in [0.5, 0.6) is 5.75 Å². The number of esters is 1. The summed E-state index contributed by atoms with van der Waals surface area (Å²) in [5.74, 6) is 0.394. The van der Waals surface area contributed by atoms with E-state index in [0.29, 0.717) is 5.56 Å². The van der Waals surface area contributed by atoms with Gasteiger partial charge in [-0.1, -0.05) is 0 Å². The predicted octanol–water partition coefficient (Wildman–Crippen LogP) is 3.51. The fourth-order valence-corrected chi connectivity index (χ4v) is 2.53. The third kappa shape index (κ3) is 3.66. The van der Waals surface area contributed by atoms with Gasteiger partial charge in [0.1, 0.15) is 5.75 Å². The van der Waals surface area contributed by atoms with Crippen molar-refractivity contribution in [3.63, 3.8) is 0 Å². The first-order valence-electron chi connectivity index (χ1n) is 7.49. The van der Waals surface area contributed by atoms with Crippen LogP contribution in [-0.4, -0.2) is 20.2 Å². The van der Waals surface area contributed by atoms with Crippen LogP contribution in [0.15, 0.2) is 36.4 Å². The zero-order valence-corrected chi connectivity index (χ0v) is 14.2. The van der Waals surface area contributed by atoms with E-state index in [2.05, 4.69) is 11.4 Å². The Hall–Kier alpha value is -3.00. The normalized spacial score (nSPS) is 11.3. The van der Waals surface area contributed by atoms with Gasteiger partial charge >= 0.3 is 5.97 Å². The molecule has 0 fully saturated rings. The van der Waals surface area contributed by atoms with Crippen LogP contribution in [0.1, 0.15) is 28.3 Å². The molecular weight excluding hydrogens is 304 g/mol. The van der Waals surface area contributed by atoms with Crippen molar-refractivity contribution < 1.29 is 14.3 Å². The second kappa shape index (κ2) is 7.51. The van der Waals surface area contributed by atoms with Crippen LogP contribution in [0.2, 0.25) is 0 Å². The highest BCUT2D eigenvalue weighted by atomic mass is 16.5. The molecule has 0 spiro atoms. The van der Waals surface area contributed by atoms with Gasteiger partial charge in [0.05, 0.1) is 25.9 Å². The number of nitrogens with one attached hydrogen (secondary N) is 1. The number of carbonyl (C=O) groups is 1. The molecule has 1 N–H and O–H groups in total. The van der Waals surface area contributed by atoms with Crippen molar-refractivity contribution >= 4 is 11.7 Å². The lowest BCUT2D eigenvalue weighted by atomic mass is 9.97. The molecule has 5 heteroatoms. The largest absolute Gasteiger partial charge is 0.496 e. The Balaban J connectivity index is 2.40. The number of nitrogens with zero attached hydrogens (tertiary/aromatic N) is 1. The highest BCUT2D eigenvalue weighted by molar-refractivity contribution is 5.81. The Morgan fingerprint density at radius 1 is 1.12 bits per heavy atom. The fourth-order valence-electron chi connectivity index (χ4n) is 2.53. The first-order chi connectivity index (χ1) is 11.5. The van der Waals surface area contributed by atoms with Crippen LogP contribution in [0.25, 0.3) is 0 Å². The molecule has 124 valence electrons. The number of ether oxygens (including phenoxy) is 2. The topological polar surface area (TPSA) is 71.3 Å². The molecular formula is C19H20N2O3. The minimum absolute atomic E-state index is 0.382. The van der Waals surface area contributed by atoms with Crippen molar-refractivity contribution in [3.05, 3.63) is 58.7 Å².